The van der Waals surface area contributed by atoms with Crippen molar-refractivity contribution in [2.45, 2.75) is 44.3 Å². The molecule has 2 bridgehead atoms. The Kier molecular flexibility index (Phi) is 6.67. The van der Waals surface area contributed by atoms with Crippen molar-refractivity contribution in [3.63, 3.8) is 0 Å². The van der Waals surface area contributed by atoms with Gasteiger partial charge < -0.3 is 19.3 Å². The lowest BCUT2D eigenvalue weighted by atomic mass is 9.80. The summed E-state index contributed by atoms with van der Waals surface area (Å²) in [6.07, 6.45) is 6.34. The molecule has 21 heavy (non-hydrogen) atoms. The second kappa shape index (κ2) is 8.51. The Labute approximate surface area is 126 Å². The van der Waals surface area contributed by atoms with Crippen LogP contribution in [0.3, 0.4) is 0 Å². The van der Waals surface area contributed by atoms with Gasteiger partial charge in [-0.3, -0.25) is 4.79 Å². The van der Waals surface area contributed by atoms with E-state index in [0.717, 1.165) is 19.3 Å². The summed E-state index contributed by atoms with van der Waals surface area (Å²) < 4.78 is 17.3. The van der Waals surface area contributed by atoms with E-state index in [9.17, 15) is 4.79 Å². The third kappa shape index (κ3) is 4.80. The molecule has 2 heterocycles. The van der Waals surface area contributed by atoms with Gasteiger partial charge in [-0.1, -0.05) is 6.08 Å². The molecule has 0 aromatic heterocycles. The van der Waals surface area contributed by atoms with Crippen molar-refractivity contribution in [1.82, 2.24) is 0 Å². The van der Waals surface area contributed by atoms with Gasteiger partial charge in [0.1, 0.15) is 0 Å². The van der Waals surface area contributed by atoms with Crippen molar-refractivity contribution in [2.24, 2.45) is 11.8 Å². The lowest BCUT2D eigenvalue weighted by Gasteiger charge is -2.27. The molecule has 0 aliphatic carbocycles. The highest BCUT2D eigenvalue weighted by atomic mass is 16.5. The van der Waals surface area contributed by atoms with Crippen LogP contribution >= 0.6 is 0 Å². The first-order valence-electron chi connectivity index (χ1n) is 7.86. The molecule has 0 aromatic carbocycles. The summed E-state index contributed by atoms with van der Waals surface area (Å²) in [5.41, 5.74) is 0. The molecule has 2 aliphatic rings. The van der Waals surface area contributed by atoms with Crippen molar-refractivity contribution in [3.8, 4) is 0 Å². The standard InChI is InChI=1S/C16H26O5/c1-2-8-19-10-12-13(15-7-6-14(12)21-15)11-20-9-4-3-5-16(17)18/h2,12-15H,1,3-11H2,(H,17,18). The Morgan fingerprint density at radius 3 is 2.48 bits per heavy atom. The fourth-order valence-electron chi connectivity index (χ4n) is 3.32. The molecular formula is C16H26O5. The van der Waals surface area contributed by atoms with Gasteiger partial charge in [0, 0.05) is 24.9 Å². The maximum absolute atomic E-state index is 10.4. The van der Waals surface area contributed by atoms with Crippen LogP contribution in [-0.4, -0.2) is 49.7 Å². The van der Waals surface area contributed by atoms with Crippen LogP contribution in [0.4, 0.5) is 0 Å². The lowest BCUT2D eigenvalue weighted by molar-refractivity contribution is -0.137. The predicted octanol–water partition coefficient (Wildman–Crippen LogP) is 2.25. The molecule has 0 saturated carbocycles. The van der Waals surface area contributed by atoms with Crippen LogP contribution in [0.1, 0.15) is 32.1 Å². The molecule has 5 heteroatoms. The van der Waals surface area contributed by atoms with E-state index in [-0.39, 0.29) is 6.42 Å². The first-order chi connectivity index (χ1) is 10.2. The van der Waals surface area contributed by atoms with E-state index in [4.69, 9.17) is 19.3 Å². The number of fused-ring (bicyclic) bond motifs is 2. The van der Waals surface area contributed by atoms with E-state index in [0.29, 0.717) is 56.9 Å². The minimum absolute atomic E-state index is 0.221. The minimum Gasteiger partial charge on any atom is -0.481 e. The zero-order valence-electron chi connectivity index (χ0n) is 12.5. The summed E-state index contributed by atoms with van der Waals surface area (Å²) in [7, 11) is 0. The average molecular weight is 298 g/mol. The van der Waals surface area contributed by atoms with Crippen LogP contribution in [-0.2, 0) is 19.0 Å². The molecule has 2 aliphatic heterocycles. The van der Waals surface area contributed by atoms with Gasteiger partial charge in [0.25, 0.3) is 0 Å². The third-order valence-corrected chi connectivity index (χ3v) is 4.38. The molecule has 2 rings (SSSR count). The van der Waals surface area contributed by atoms with Crippen molar-refractivity contribution in [3.05, 3.63) is 12.7 Å². The number of carbonyl (C=O) groups is 1. The molecule has 5 nitrogen and oxygen atoms in total. The van der Waals surface area contributed by atoms with E-state index in [1.165, 1.54) is 0 Å². The van der Waals surface area contributed by atoms with Crippen LogP contribution in [0.2, 0.25) is 0 Å². The molecule has 4 atom stereocenters. The summed E-state index contributed by atoms with van der Waals surface area (Å²) in [6, 6.07) is 0. The zero-order chi connectivity index (χ0) is 15.1. The first kappa shape index (κ1) is 16.5. The summed E-state index contributed by atoms with van der Waals surface area (Å²) in [5.74, 6) is 0.0895. The Morgan fingerprint density at radius 2 is 1.86 bits per heavy atom. The minimum atomic E-state index is -0.740. The third-order valence-electron chi connectivity index (χ3n) is 4.38. The number of carboxylic acid groups (broad SMARTS) is 1. The number of hydrogen-bond donors (Lipinski definition) is 1. The van der Waals surface area contributed by atoms with Crippen molar-refractivity contribution in [1.29, 1.82) is 0 Å². The van der Waals surface area contributed by atoms with E-state index in [1.54, 1.807) is 6.08 Å². The molecule has 0 radical (unpaired) electrons. The SMILES string of the molecule is C=CCOCC1C2CCC(O2)C1COCCCCC(=O)O. The number of ether oxygens (including phenoxy) is 3. The highest BCUT2D eigenvalue weighted by Gasteiger charge is 2.48. The van der Waals surface area contributed by atoms with Crippen LogP contribution in [0.15, 0.2) is 12.7 Å². The largest absolute Gasteiger partial charge is 0.481 e. The summed E-state index contributed by atoms with van der Waals surface area (Å²) in [5, 5.41) is 8.57. The normalized spacial score (nSPS) is 30.7. The maximum Gasteiger partial charge on any atom is 0.303 e. The lowest BCUT2D eigenvalue weighted by Crippen LogP contribution is -2.34. The monoisotopic (exact) mass is 298 g/mol. The average Bonchev–Trinajstić information content (AvgIpc) is 3.04. The predicted molar refractivity (Wildman–Crippen MR) is 78.2 cm³/mol. The van der Waals surface area contributed by atoms with Crippen LogP contribution < -0.4 is 0 Å². The second-order valence-electron chi connectivity index (χ2n) is 5.87. The quantitative estimate of drug-likeness (QED) is 0.468. The molecule has 2 fully saturated rings. The fourth-order valence-corrected chi connectivity index (χ4v) is 3.32. The number of rotatable bonds is 11. The number of carboxylic acids is 1. The molecule has 1 N–H and O–H groups in total. The van der Waals surface area contributed by atoms with Crippen LogP contribution in [0.5, 0.6) is 0 Å². The smallest absolute Gasteiger partial charge is 0.303 e. The fraction of sp³-hybridized carbons (Fsp3) is 0.812. The van der Waals surface area contributed by atoms with Gasteiger partial charge in [-0.05, 0) is 25.7 Å². The van der Waals surface area contributed by atoms with E-state index in [1.807, 2.05) is 0 Å². The Hall–Kier alpha value is -0.910. The van der Waals surface area contributed by atoms with Crippen molar-refractivity contribution in [2.75, 3.05) is 26.4 Å². The summed E-state index contributed by atoms with van der Waals surface area (Å²) in [6.45, 7) is 6.27. The topological polar surface area (TPSA) is 65.0 Å². The molecule has 0 spiro atoms. The van der Waals surface area contributed by atoms with E-state index >= 15 is 0 Å². The number of unbranched alkanes of at least 4 members (excludes halogenated alkanes) is 1. The van der Waals surface area contributed by atoms with Gasteiger partial charge >= 0.3 is 5.97 Å². The van der Waals surface area contributed by atoms with Crippen LogP contribution in [0, 0.1) is 11.8 Å². The van der Waals surface area contributed by atoms with Gasteiger partial charge in [0.05, 0.1) is 32.0 Å². The molecular weight excluding hydrogens is 272 g/mol. The summed E-state index contributed by atoms with van der Waals surface area (Å²) in [4.78, 5) is 10.4. The zero-order valence-corrected chi connectivity index (χ0v) is 12.5. The summed E-state index contributed by atoms with van der Waals surface area (Å²) >= 11 is 0. The Bertz CT molecular complexity index is 344. The van der Waals surface area contributed by atoms with Gasteiger partial charge in [-0.25, -0.2) is 0 Å². The second-order valence-corrected chi connectivity index (χ2v) is 5.87. The maximum atomic E-state index is 10.4. The molecule has 4 unspecified atom stereocenters. The van der Waals surface area contributed by atoms with Gasteiger partial charge in [-0.15, -0.1) is 6.58 Å². The van der Waals surface area contributed by atoms with Crippen LogP contribution in [0.25, 0.3) is 0 Å². The van der Waals surface area contributed by atoms with Crippen molar-refractivity contribution < 1.29 is 24.1 Å². The molecule has 0 aromatic rings. The van der Waals surface area contributed by atoms with Crippen molar-refractivity contribution >= 4 is 5.97 Å². The molecule has 0 amide bonds. The van der Waals surface area contributed by atoms with Gasteiger partial charge in [0.15, 0.2) is 0 Å². The highest BCUT2D eigenvalue weighted by Crippen LogP contribution is 2.43. The highest BCUT2D eigenvalue weighted by molar-refractivity contribution is 5.66. The van der Waals surface area contributed by atoms with Gasteiger partial charge in [0.2, 0.25) is 0 Å². The molecule has 2 saturated heterocycles. The number of aliphatic carboxylic acids is 1. The molecule has 120 valence electrons. The number of hydrogen-bond acceptors (Lipinski definition) is 4. The Morgan fingerprint density at radius 1 is 1.19 bits per heavy atom. The van der Waals surface area contributed by atoms with Gasteiger partial charge in [-0.2, -0.15) is 0 Å². The first-order valence-corrected chi connectivity index (χ1v) is 7.86. The van der Waals surface area contributed by atoms with E-state index in [2.05, 4.69) is 6.58 Å². The Balaban J connectivity index is 1.65. The van der Waals surface area contributed by atoms with E-state index < -0.39 is 5.97 Å².